The maximum absolute atomic E-state index is 12.5. The summed E-state index contributed by atoms with van der Waals surface area (Å²) in [6.07, 6.45) is 0.600. The Morgan fingerprint density at radius 1 is 1.07 bits per heavy atom. The Morgan fingerprint density at radius 2 is 1.78 bits per heavy atom. The average molecular weight is 368 g/mol. The quantitative estimate of drug-likeness (QED) is 0.750. The lowest BCUT2D eigenvalue weighted by Gasteiger charge is -2.36. The number of aliphatic hydroxyl groups is 1. The molecule has 0 radical (unpaired) electrons. The van der Waals surface area contributed by atoms with Crippen LogP contribution in [0.1, 0.15) is 28.8 Å². The van der Waals surface area contributed by atoms with Gasteiger partial charge in [0.1, 0.15) is 5.75 Å². The molecule has 3 rings (SSSR count). The Bertz CT molecular complexity index is 777. The van der Waals surface area contributed by atoms with Crippen molar-refractivity contribution in [3.63, 3.8) is 0 Å². The third-order valence-electron chi connectivity index (χ3n) is 4.81. The summed E-state index contributed by atoms with van der Waals surface area (Å²) in [5, 5.41) is 22.5. The number of nitrogens with one attached hydrogen (secondary N) is 1. The van der Waals surface area contributed by atoms with Crippen LogP contribution in [0, 0.1) is 0 Å². The molecule has 1 fully saturated rings. The van der Waals surface area contributed by atoms with Gasteiger partial charge in [0, 0.05) is 25.1 Å². The zero-order valence-corrected chi connectivity index (χ0v) is 15.0. The van der Waals surface area contributed by atoms with E-state index < -0.39 is 6.10 Å². The van der Waals surface area contributed by atoms with Gasteiger partial charge >= 0.3 is 0 Å². The lowest BCUT2D eigenvalue weighted by molar-refractivity contribution is -0.123. The highest BCUT2D eigenvalue weighted by Gasteiger charge is 2.31. The number of hydrogen-bond donors (Lipinski definition) is 3. The molecule has 0 aromatic heterocycles. The molecular formula is C21H24N2O4. The number of amides is 2. The van der Waals surface area contributed by atoms with Gasteiger partial charge in [-0.2, -0.15) is 0 Å². The Balaban J connectivity index is 1.47. The van der Waals surface area contributed by atoms with Crippen LogP contribution in [0.25, 0.3) is 0 Å². The maximum Gasteiger partial charge on any atom is 0.253 e. The maximum atomic E-state index is 12.5. The fraction of sp³-hybridized carbons (Fsp3) is 0.333. The van der Waals surface area contributed by atoms with Gasteiger partial charge in [-0.1, -0.05) is 30.3 Å². The summed E-state index contributed by atoms with van der Waals surface area (Å²) in [6, 6.07) is 15.4. The summed E-state index contributed by atoms with van der Waals surface area (Å²) >= 11 is 0. The average Bonchev–Trinajstić information content (AvgIpc) is 2.69. The molecule has 2 aromatic rings. The number of rotatable bonds is 5. The van der Waals surface area contributed by atoms with Gasteiger partial charge in [0.15, 0.2) is 0 Å². The molecule has 0 bridgehead atoms. The van der Waals surface area contributed by atoms with Crippen LogP contribution in [-0.2, 0) is 11.2 Å². The molecule has 142 valence electrons. The van der Waals surface area contributed by atoms with Gasteiger partial charge in [0.2, 0.25) is 5.91 Å². The number of aromatic hydroxyl groups is 1. The number of hydrogen-bond acceptors (Lipinski definition) is 4. The van der Waals surface area contributed by atoms with Crippen molar-refractivity contribution in [2.45, 2.75) is 31.4 Å². The molecule has 0 aliphatic carbocycles. The van der Waals surface area contributed by atoms with Crippen molar-refractivity contribution in [2.75, 3.05) is 13.1 Å². The highest BCUT2D eigenvalue weighted by Crippen LogP contribution is 2.16. The van der Waals surface area contributed by atoms with Crippen molar-refractivity contribution in [2.24, 2.45) is 0 Å². The van der Waals surface area contributed by atoms with Gasteiger partial charge in [0.25, 0.3) is 5.91 Å². The Hall–Kier alpha value is -2.86. The van der Waals surface area contributed by atoms with Gasteiger partial charge in [-0.15, -0.1) is 0 Å². The monoisotopic (exact) mass is 368 g/mol. The minimum absolute atomic E-state index is 0.105. The largest absolute Gasteiger partial charge is 0.508 e. The molecule has 2 atom stereocenters. The zero-order chi connectivity index (χ0) is 19.2. The van der Waals surface area contributed by atoms with Gasteiger partial charge in [-0.25, -0.2) is 0 Å². The first-order chi connectivity index (χ1) is 13.0. The lowest BCUT2D eigenvalue weighted by atomic mass is 10.00. The number of nitrogens with zero attached hydrogens (tertiary/aromatic N) is 1. The number of phenolic OH excluding ortho intramolecular Hbond substituents is 1. The van der Waals surface area contributed by atoms with E-state index in [-0.39, 0.29) is 30.2 Å². The van der Waals surface area contributed by atoms with Crippen molar-refractivity contribution in [3.05, 3.63) is 65.7 Å². The second-order valence-electron chi connectivity index (χ2n) is 6.81. The minimum atomic E-state index is -0.788. The number of aryl methyl sites for hydroxylation is 1. The number of benzene rings is 2. The predicted octanol–water partition coefficient (Wildman–Crippen LogP) is 1.72. The number of aliphatic hydroxyl groups excluding tert-OH is 1. The van der Waals surface area contributed by atoms with Gasteiger partial charge in [-0.05, 0) is 42.7 Å². The van der Waals surface area contributed by atoms with E-state index in [2.05, 4.69) is 5.32 Å². The summed E-state index contributed by atoms with van der Waals surface area (Å²) < 4.78 is 0. The fourth-order valence-corrected chi connectivity index (χ4v) is 3.25. The molecule has 1 heterocycles. The van der Waals surface area contributed by atoms with E-state index in [1.54, 1.807) is 41.3 Å². The fourth-order valence-electron chi connectivity index (χ4n) is 3.25. The first-order valence-corrected chi connectivity index (χ1v) is 9.12. The molecule has 3 N–H and O–H groups in total. The summed E-state index contributed by atoms with van der Waals surface area (Å²) in [7, 11) is 0. The smallest absolute Gasteiger partial charge is 0.253 e. The number of β-amino-alcohol motifs (C(OH)–C–C–N with tert-alkyl or cyclic N) is 1. The highest BCUT2D eigenvalue weighted by molar-refractivity contribution is 5.94. The molecule has 1 saturated heterocycles. The lowest BCUT2D eigenvalue weighted by Crippen LogP contribution is -2.55. The molecule has 0 saturated carbocycles. The molecule has 2 amide bonds. The first-order valence-electron chi connectivity index (χ1n) is 9.12. The van der Waals surface area contributed by atoms with Crippen molar-refractivity contribution in [1.82, 2.24) is 10.2 Å². The Labute approximate surface area is 158 Å². The molecular weight excluding hydrogens is 344 g/mol. The number of phenols is 1. The van der Waals surface area contributed by atoms with Gasteiger partial charge < -0.3 is 20.4 Å². The number of carbonyl (C=O) groups is 2. The standard InChI is InChI=1S/C21H24N2O4/c24-17-9-6-15(7-10-17)8-11-20(26)22-18-12-13-23(14-19(18)25)21(27)16-4-2-1-3-5-16/h1-7,9-10,18-19,24-25H,8,11-14H2,(H,22,26)/t18-,19-/m1/s1. The summed E-state index contributed by atoms with van der Waals surface area (Å²) in [5.41, 5.74) is 1.56. The van der Waals surface area contributed by atoms with E-state index in [1.165, 1.54) is 0 Å². The van der Waals surface area contributed by atoms with Crippen molar-refractivity contribution in [3.8, 4) is 5.75 Å². The Morgan fingerprint density at radius 3 is 2.44 bits per heavy atom. The van der Waals surface area contributed by atoms with Gasteiger partial charge in [0.05, 0.1) is 12.1 Å². The number of likely N-dealkylation sites (tertiary alicyclic amines) is 1. The molecule has 6 heteroatoms. The molecule has 1 aliphatic heterocycles. The topological polar surface area (TPSA) is 89.9 Å². The van der Waals surface area contributed by atoms with Crippen molar-refractivity contribution < 1.29 is 19.8 Å². The van der Waals surface area contributed by atoms with E-state index in [1.807, 2.05) is 18.2 Å². The van der Waals surface area contributed by atoms with Crippen molar-refractivity contribution >= 4 is 11.8 Å². The minimum Gasteiger partial charge on any atom is -0.508 e. The van der Waals surface area contributed by atoms with E-state index >= 15 is 0 Å². The van der Waals surface area contributed by atoms with Crippen LogP contribution in [0.2, 0.25) is 0 Å². The van der Waals surface area contributed by atoms with Crippen LogP contribution in [0.5, 0.6) is 5.75 Å². The predicted molar refractivity (Wildman–Crippen MR) is 101 cm³/mol. The third-order valence-corrected chi connectivity index (χ3v) is 4.81. The molecule has 1 aliphatic rings. The SMILES string of the molecule is O=C(CCc1ccc(O)cc1)N[C@@H]1CCN(C(=O)c2ccccc2)C[C@H]1O. The normalized spacial score (nSPS) is 19.5. The molecule has 27 heavy (non-hydrogen) atoms. The van der Waals surface area contributed by atoms with E-state index in [4.69, 9.17) is 0 Å². The van der Waals surface area contributed by atoms with Crippen LogP contribution >= 0.6 is 0 Å². The molecule has 6 nitrogen and oxygen atoms in total. The van der Waals surface area contributed by atoms with Crippen molar-refractivity contribution in [1.29, 1.82) is 0 Å². The summed E-state index contributed by atoms with van der Waals surface area (Å²) in [5.74, 6) is -0.0372. The Kier molecular flexibility index (Phi) is 6.08. The van der Waals surface area contributed by atoms with Crippen LogP contribution in [0.4, 0.5) is 0 Å². The van der Waals surface area contributed by atoms with E-state index in [0.29, 0.717) is 31.4 Å². The molecule has 0 unspecified atom stereocenters. The number of carbonyl (C=O) groups excluding carboxylic acids is 2. The van der Waals surface area contributed by atoms with Crippen LogP contribution < -0.4 is 5.32 Å². The number of piperidine rings is 1. The zero-order valence-electron chi connectivity index (χ0n) is 15.0. The van der Waals surface area contributed by atoms with E-state index in [0.717, 1.165) is 5.56 Å². The second-order valence-corrected chi connectivity index (χ2v) is 6.81. The highest BCUT2D eigenvalue weighted by atomic mass is 16.3. The summed E-state index contributed by atoms with van der Waals surface area (Å²) in [6.45, 7) is 0.699. The van der Waals surface area contributed by atoms with Crippen LogP contribution in [-0.4, -0.2) is 52.2 Å². The molecule has 0 spiro atoms. The molecule has 2 aromatic carbocycles. The van der Waals surface area contributed by atoms with Crippen LogP contribution in [0.3, 0.4) is 0 Å². The summed E-state index contributed by atoms with van der Waals surface area (Å²) in [4.78, 5) is 26.3. The van der Waals surface area contributed by atoms with E-state index in [9.17, 15) is 19.8 Å². The third kappa shape index (κ3) is 5.08. The second kappa shape index (κ2) is 8.68. The van der Waals surface area contributed by atoms with Crippen LogP contribution in [0.15, 0.2) is 54.6 Å². The first kappa shape index (κ1) is 18.9. The van der Waals surface area contributed by atoms with Gasteiger partial charge in [-0.3, -0.25) is 9.59 Å².